The van der Waals surface area contributed by atoms with E-state index < -0.39 is 0 Å². The fraction of sp³-hybridized carbons (Fsp3) is 0.238. The molecule has 0 aliphatic carbocycles. The average molecular weight is 472 g/mol. The number of aromatic nitrogens is 3. The van der Waals surface area contributed by atoms with E-state index in [1.54, 1.807) is 31.4 Å². The standard InChI is InChI=1S/C21H19BrFN5O2/c1-27(11-16-12-28(26-25-16)19-10-15(23)7-8-17(19)22)21(30)14-6-5-13-3-2-4-20(29)24-18(13)9-14/h5-10,12H,2-4,11H2,1H3,(H,24,29). The summed E-state index contributed by atoms with van der Waals surface area (Å²) in [7, 11) is 1.67. The van der Waals surface area contributed by atoms with Gasteiger partial charge >= 0.3 is 0 Å². The van der Waals surface area contributed by atoms with Gasteiger partial charge in [0.15, 0.2) is 0 Å². The van der Waals surface area contributed by atoms with Gasteiger partial charge in [0, 0.05) is 35.3 Å². The average Bonchev–Trinajstić information content (AvgIpc) is 3.09. The van der Waals surface area contributed by atoms with Crippen molar-refractivity contribution in [3.63, 3.8) is 0 Å². The van der Waals surface area contributed by atoms with Gasteiger partial charge in [-0.05, 0) is 58.6 Å². The molecule has 0 saturated heterocycles. The lowest BCUT2D eigenvalue weighted by Gasteiger charge is -2.17. The van der Waals surface area contributed by atoms with Gasteiger partial charge in [-0.3, -0.25) is 9.59 Å². The molecule has 3 aromatic rings. The molecule has 0 radical (unpaired) electrons. The van der Waals surface area contributed by atoms with E-state index in [2.05, 4.69) is 31.6 Å². The van der Waals surface area contributed by atoms with E-state index >= 15 is 0 Å². The number of aryl methyl sites for hydroxylation is 1. The maximum atomic E-state index is 13.6. The van der Waals surface area contributed by atoms with Crippen LogP contribution in [0.25, 0.3) is 5.69 Å². The van der Waals surface area contributed by atoms with E-state index in [9.17, 15) is 14.0 Å². The Morgan fingerprint density at radius 1 is 1.27 bits per heavy atom. The summed E-state index contributed by atoms with van der Waals surface area (Å²) in [6, 6.07) is 9.68. The zero-order valence-electron chi connectivity index (χ0n) is 16.2. The van der Waals surface area contributed by atoms with Crippen LogP contribution in [0.15, 0.2) is 47.1 Å². The van der Waals surface area contributed by atoms with Crippen molar-refractivity contribution in [2.75, 3.05) is 12.4 Å². The molecular formula is C21H19BrFN5O2. The lowest BCUT2D eigenvalue weighted by atomic mass is 10.0. The number of benzene rings is 2. The molecule has 0 atom stereocenters. The van der Waals surface area contributed by atoms with E-state index in [1.807, 2.05) is 6.07 Å². The van der Waals surface area contributed by atoms with Crippen LogP contribution in [-0.2, 0) is 17.8 Å². The van der Waals surface area contributed by atoms with Crippen LogP contribution >= 0.6 is 15.9 Å². The van der Waals surface area contributed by atoms with Crippen molar-refractivity contribution in [2.24, 2.45) is 0 Å². The number of rotatable bonds is 4. The summed E-state index contributed by atoms with van der Waals surface area (Å²) in [5.41, 5.74) is 3.29. The lowest BCUT2D eigenvalue weighted by Crippen LogP contribution is -2.26. The van der Waals surface area contributed by atoms with Crippen molar-refractivity contribution in [3.05, 3.63) is 69.7 Å². The van der Waals surface area contributed by atoms with Crippen molar-refractivity contribution >= 4 is 33.4 Å². The number of nitrogens with one attached hydrogen (secondary N) is 1. The first-order valence-electron chi connectivity index (χ1n) is 9.45. The molecule has 1 aromatic heterocycles. The molecule has 30 heavy (non-hydrogen) atoms. The van der Waals surface area contributed by atoms with Crippen molar-refractivity contribution in [1.29, 1.82) is 0 Å². The minimum Gasteiger partial charge on any atom is -0.336 e. The number of carbonyl (C=O) groups excluding carboxylic acids is 2. The quantitative estimate of drug-likeness (QED) is 0.628. The van der Waals surface area contributed by atoms with Crippen molar-refractivity contribution in [3.8, 4) is 5.69 Å². The second-order valence-corrected chi connectivity index (χ2v) is 8.04. The maximum absolute atomic E-state index is 13.6. The van der Waals surface area contributed by atoms with Crippen molar-refractivity contribution in [2.45, 2.75) is 25.8 Å². The molecule has 2 heterocycles. The van der Waals surface area contributed by atoms with Crippen molar-refractivity contribution in [1.82, 2.24) is 19.9 Å². The Kier molecular flexibility index (Phi) is 5.63. The largest absolute Gasteiger partial charge is 0.336 e. The van der Waals surface area contributed by atoms with Crippen molar-refractivity contribution < 1.29 is 14.0 Å². The van der Waals surface area contributed by atoms with Gasteiger partial charge in [-0.15, -0.1) is 5.10 Å². The molecule has 7 nitrogen and oxygen atoms in total. The molecule has 2 aromatic carbocycles. The lowest BCUT2D eigenvalue weighted by molar-refractivity contribution is -0.116. The summed E-state index contributed by atoms with van der Waals surface area (Å²) in [5, 5.41) is 11.0. The number of fused-ring (bicyclic) bond motifs is 1. The third-order valence-electron chi connectivity index (χ3n) is 4.92. The third-order valence-corrected chi connectivity index (χ3v) is 5.59. The van der Waals surface area contributed by atoms with Crippen LogP contribution < -0.4 is 5.32 Å². The Morgan fingerprint density at radius 2 is 2.10 bits per heavy atom. The van der Waals surface area contributed by atoms with E-state index in [-0.39, 0.29) is 24.2 Å². The molecule has 1 N–H and O–H groups in total. The SMILES string of the molecule is CN(Cc1cn(-c2cc(F)ccc2Br)nn1)C(=O)c1ccc2c(c1)NC(=O)CCC2. The topological polar surface area (TPSA) is 80.1 Å². The third kappa shape index (κ3) is 4.25. The molecule has 9 heteroatoms. The summed E-state index contributed by atoms with van der Waals surface area (Å²) in [6.07, 6.45) is 3.73. The molecule has 1 aliphatic heterocycles. The molecule has 1 aliphatic rings. The fourth-order valence-corrected chi connectivity index (χ4v) is 3.81. The zero-order chi connectivity index (χ0) is 21.3. The zero-order valence-corrected chi connectivity index (χ0v) is 17.8. The van der Waals surface area contributed by atoms with Gasteiger partial charge in [-0.1, -0.05) is 11.3 Å². The smallest absolute Gasteiger partial charge is 0.254 e. The van der Waals surface area contributed by atoms with Gasteiger partial charge in [0.2, 0.25) is 5.91 Å². The summed E-state index contributed by atoms with van der Waals surface area (Å²) in [4.78, 5) is 26.2. The summed E-state index contributed by atoms with van der Waals surface area (Å²) in [5.74, 6) is -0.613. The van der Waals surface area contributed by atoms with E-state index in [0.717, 1.165) is 18.4 Å². The first kappa shape index (κ1) is 20.2. The van der Waals surface area contributed by atoms with Crippen LogP contribution in [0.4, 0.5) is 10.1 Å². The van der Waals surface area contributed by atoms with E-state index in [1.165, 1.54) is 21.7 Å². The van der Waals surface area contributed by atoms with Crippen LogP contribution in [-0.4, -0.2) is 38.8 Å². The summed E-state index contributed by atoms with van der Waals surface area (Å²) < 4.78 is 15.7. The predicted molar refractivity (Wildman–Crippen MR) is 113 cm³/mol. The number of halogens is 2. The molecule has 4 rings (SSSR count). The highest BCUT2D eigenvalue weighted by Gasteiger charge is 2.18. The van der Waals surface area contributed by atoms with Crippen LogP contribution in [0.5, 0.6) is 0 Å². The first-order valence-corrected chi connectivity index (χ1v) is 10.2. The Morgan fingerprint density at radius 3 is 2.93 bits per heavy atom. The molecule has 0 spiro atoms. The second kappa shape index (κ2) is 8.35. The number of anilines is 1. The molecule has 0 bridgehead atoms. The van der Waals surface area contributed by atoms with Crippen LogP contribution in [0.2, 0.25) is 0 Å². The molecule has 2 amide bonds. The number of hydrogen-bond donors (Lipinski definition) is 1. The molecular weight excluding hydrogens is 453 g/mol. The molecule has 0 unspecified atom stereocenters. The Hall–Kier alpha value is -3.07. The number of nitrogens with zero attached hydrogens (tertiary/aromatic N) is 4. The Labute approximate surface area is 181 Å². The predicted octanol–water partition coefficient (Wildman–Crippen LogP) is 3.72. The minimum atomic E-state index is -0.382. The minimum absolute atomic E-state index is 0.0353. The highest BCUT2D eigenvalue weighted by molar-refractivity contribution is 9.10. The maximum Gasteiger partial charge on any atom is 0.254 e. The number of hydrogen-bond acceptors (Lipinski definition) is 4. The summed E-state index contributed by atoms with van der Waals surface area (Å²) in [6.45, 7) is 0.231. The van der Waals surface area contributed by atoms with Gasteiger partial charge in [0.05, 0.1) is 18.4 Å². The highest BCUT2D eigenvalue weighted by atomic mass is 79.9. The number of carbonyl (C=O) groups is 2. The van der Waals surface area contributed by atoms with Gasteiger partial charge < -0.3 is 10.2 Å². The van der Waals surface area contributed by atoms with E-state index in [4.69, 9.17) is 0 Å². The fourth-order valence-electron chi connectivity index (χ4n) is 3.38. The van der Waals surface area contributed by atoms with Crippen LogP contribution in [0, 0.1) is 5.82 Å². The molecule has 0 saturated carbocycles. The van der Waals surface area contributed by atoms with Crippen LogP contribution in [0.1, 0.15) is 34.5 Å². The molecule has 154 valence electrons. The highest BCUT2D eigenvalue weighted by Crippen LogP contribution is 2.24. The Balaban J connectivity index is 1.50. The van der Waals surface area contributed by atoms with Gasteiger partial charge in [-0.2, -0.15) is 0 Å². The van der Waals surface area contributed by atoms with Gasteiger partial charge in [-0.25, -0.2) is 9.07 Å². The molecule has 0 fully saturated rings. The Bertz CT molecular complexity index is 1130. The van der Waals surface area contributed by atoms with E-state index in [0.29, 0.717) is 33.5 Å². The monoisotopic (exact) mass is 471 g/mol. The summed E-state index contributed by atoms with van der Waals surface area (Å²) >= 11 is 3.37. The first-order chi connectivity index (χ1) is 14.4. The normalized spacial score (nSPS) is 13.4. The van der Waals surface area contributed by atoms with Crippen LogP contribution in [0.3, 0.4) is 0 Å². The number of amides is 2. The second-order valence-electron chi connectivity index (χ2n) is 7.19. The van der Waals surface area contributed by atoms with Gasteiger partial charge in [0.25, 0.3) is 5.91 Å². The van der Waals surface area contributed by atoms with Gasteiger partial charge in [0.1, 0.15) is 11.5 Å².